The minimum absolute atomic E-state index is 0.377. The van der Waals surface area contributed by atoms with E-state index in [-0.39, 0.29) is 0 Å². The van der Waals surface area contributed by atoms with E-state index < -0.39 is 0 Å². The first kappa shape index (κ1) is 14.9. The molecule has 2 N–H and O–H groups in total. The zero-order chi connectivity index (χ0) is 12.3. The summed E-state index contributed by atoms with van der Waals surface area (Å²) in [7, 11) is 0. The van der Waals surface area contributed by atoms with Gasteiger partial charge in [0.05, 0.1) is 12.7 Å². The molecule has 0 aromatic carbocycles. The smallest absolute Gasteiger partial charge is 0.0826 e. The summed E-state index contributed by atoms with van der Waals surface area (Å²) in [6, 6.07) is 0. The molecule has 0 bridgehead atoms. The number of nitrogens with zero attached hydrogens (tertiary/aromatic N) is 1. The van der Waals surface area contributed by atoms with Gasteiger partial charge in [-0.05, 0) is 19.5 Å². The molecule has 17 heavy (non-hydrogen) atoms. The highest BCUT2D eigenvalue weighted by atomic mass is 16.5. The number of unbranched alkanes of at least 4 members (excludes halogenated alkanes) is 1. The fourth-order valence-electron chi connectivity index (χ4n) is 2.09. The van der Waals surface area contributed by atoms with E-state index in [2.05, 4.69) is 29.4 Å². The van der Waals surface area contributed by atoms with Gasteiger partial charge in [-0.2, -0.15) is 0 Å². The molecule has 1 rings (SSSR count). The Labute approximate surface area is 106 Å². The molecule has 0 aromatic heterocycles. The lowest BCUT2D eigenvalue weighted by atomic mass is 10.2. The monoisotopic (exact) mass is 243 g/mol. The van der Waals surface area contributed by atoms with Gasteiger partial charge in [0.25, 0.3) is 0 Å². The van der Waals surface area contributed by atoms with Crippen LogP contribution in [-0.2, 0) is 4.74 Å². The molecule has 0 spiro atoms. The zero-order valence-electron chi connectivity index (χ0n) is 11.5. The number of likely N-dealkylation sites (N-methyl/N-ethyl adjacent to an activating group) is 1. The number of ether oxygens (including phenoxy) is 1. The Morgan fingerprint density at radius 2 is 2.12 bits per heavy atom. The van der Waals surface area contributed by atoms with Crippen molar-refractivity contribution in [2.45, 2.75) is 32.8 Å². The van der Waals surface area contributed by atoms with Gasteiger partial charge in [0, 0.05) is 32.7 Å². The van der Waals surface area contributed by atoms with Crippen LogP contribution in [0.15, 0.2) is 0 Å². The summed E-state index contributed by atoms with van der Waals surface area (Å²) in [6.45, 7) is 12.8. The molecule has 1 saturated heterocycles. The normalized spacial score (nSPS) is 21.9. The Balaban J connectivity index is 2.06. The molecule has 0 unspecified atom stereocenters. The van der Waals surface area contributed by atoms with E-state index in [0.717, 1.165) is 52.4 Å². The average Bonchev–Trinajstić information content (AvgIpc) is 2.36. The lowest BCUT2D eigenvalue weighted by Gasteiger charge is -2.33. The summed E-state index contributed by atoms with van der Waals surface area (Å²) in [6.07, 6.45) is 2.90. The maximum Gasteiger partial charge on any atom is 0.0826 e. The average molecular weight is 243 g/mol. The minimum Gasteiger partial charge on any atom is -0.374 e. The molecule has 0 amide bonds. The van der Waals surface area contributed by atoms with E-state index >= 15 is 0 Å². The Bertz CT molecular complexity index is 178. The van der Waals surface area contributed by atoms with E-state index in [1.807, 2.05) is 0 Å². The van der Waals surface area contributed by atoms with E-state index in [4.69, 9.17) is 4.74 Å². The highest BCUT2D eigenvalue weighted by Crippen LogP contribution is 2.03. The van der Waals surface area contributed by atoms with Crippen LogP contribution in [0.2, 0.25) is 0 Å². The number of hydrogen-bond acceptors (Lipinski definition) is 4. The molecule has 102 valence electrons. The quantitative estimate of drug-likeness (QED) is 0.584. The Kier molecular flexibility index (Phi) is 8.61. The summed E-state index contributed by atoms with van der Waals surface area (Å²) in [5.41, 5.74) is 0. The lowest BCUT2D eigenvalue weighted by Crippen LogP contribution is -2.48. The molecule has 0 radical (unpaired) electrons. The van der Waals surface area contributed by atoms with Crippen LogP contribution in [-0.4, -0.2) is 63.4 Å². The number of nitrogens with one attached hydrogen (secondary N) is 2. The lowest BCUT2D eigenvalue weighted by molar-refractivity contribution is -0.0264. The van der Waals surface area contributed by atoms with Gasteiger partial charge in [-0.25, -0.2) is 0 Å². The predicted molar refractivity (Wildman–Crippen MR) is 72.5 cm³/mol. The first-order valence-electron chi connectivity index (χ1n) is 7.12. The highest BCUT2D eigenvalue weighted by Gasteiger charge is 2.19. The molecule has 0 saturated carbocycles. The van der Waals surface area contributed by atoms with Crippen molar-refractivity contribution in [3.05, 3.63) is 0 Å². The Hall–Kier alpha value is -0.160. The van der Waals surface area contributed by atoms with Gasteiger partial charge in [0.2, 0.25) is 0 Å². The molecule has 0 aromatic rings. The van der Waals surface area contributed by atoms with E-state index in [1.165, 1.54) is 12.8 Å². The third kappa shape index (κ3) is 6.99. The maximum absolute atomic E-state index is 5.77. The number of hydrogen-bond donors (Lipinski definition) is 2. The van der Waals surface area contributed by atoms with Crippen LogP contribution < -0.4 is 10.6 Å². The first-order valence-corrected chi connectivity index (χ1v) is 7.12. The summed E-state index contributed by atoms with van der Waals surface area (Å²) in [4.78, 5) is 2.50. The number of morpholine rings is 1. The van der Waals surface area contributed by atoms with E-state index in [1.54, 1.807) is 0 Å². The second-order valence-electron chi connectivity index (χ2n) is 4.70. The molecule has 1 aliphatic rings. The predicted octanol–water partition coefficient (Wildman–Crippen LogP) is 0.686. The van der Waals surface area contributed by atoms with Crippen molar-refractivity contribution in [2.24, 2.45) is 0 Å². The first-order chi connectivity index (χ1) is 8.36. The van der Waals surface area contributed by atoms with Gasteiger partial charge < -0.3 is 15.4 Å². The fourth-order valence-corrected chi connectivity index (χ4v) is 2.09. The summed E-state index contributed by atoms with van der Waals surface area (Å²) >= 11 is 0. The van der Waals surface area contributed by atoms with Crippen molar-refractivity contribution in [3.8, 4) is 0 Å². The van der Waals surface area contributed by atoms with E-state index in [9.17, 15) is 0 Å². The Morgan fingerprint density at radius 1 is 1.24 bits per heavy atom. The molecular formula is C13H29N3O. The molecule has 1 fully saturated rings. The molecule has 4 heteroatoms. The van der Waals surface area contributed by atoms with Crippen molar-refractivity contribution in [1.29, 1.82) is 0 Å². The third-order valence-electron chi connectivity index (χ3n) is 3.16. The largest absolute Gasteiger partial charge is 0.374 e. The van der Waals surface area contributed by atoms with Gasteiger partial charge in [-0.1, -0.05) is 20.3 Å². The second kappa shape index (κ2) is 9.83. The van der Waals surface area contributed by atoms with Crippen LogP contribution in [0.25, 0.3) is 0 Å². The van der Waals surface area contributed by atoms with Crippen LogP contribution in [0.3, 0.4) is 0 Å². The van der Waals surface area contributed by atoms with Gasteiger partial charge in [-0.15, -0.1) is 0 Å². The molecule has 4 nitrogen and oxygen atoms in total. The third-order valence-corrected chi connectivity index (χ3v) is 3.16. The van der Waals surface area contributed by atoms with Crippen molar-refractivity contribution in [3.63, 3.8) is 0 Å². The molecule has 0 aliphatic carbocycles. The van der Waals surface area contributed by atoms with Crippen LogP contribution in [0, 0.1) is 0 Å². The van der Waals surface area contributed by atoms with Gasteiger partial charge in [0.1, 0.15) is 0 Å². The van der Waals surface area contributed by atoms with E-state index in [0.29, 0.717) is 6.10 Å². The summed E-state index contributed by atoms with van der Waals surface area (Å²) < 4.78 is 5.77. The van der Waals surface area contributed by atoms with Gasteiger partial charge in [0.15, 0.2) is 0 Å². The summed E-state index contributed by atoms with van der Waals surface area (Å²) in [5.74, 6) is 0. The van der Waals surface area contributed by atoms with Crippen molar-refractivity contribution in [2.75, 3.05) is 52.4 Å². The van der Waals surface area contributed by atoms with Crippen LogP contribution in [0.1, 0.15) is 26.7 Å². The minimum atomic E-state index is 0.377. The SMILES string of the molecule is CCCCNC[C@H]1CN(CCNCC)CCO1. The highest BCUT2D eigenvalue weighted by molar-refractivity contribution is 4.73. The maximum atomic E-state index is 5.77. The van der Waals surface area contributed by atoms with Crippen molar-refractivity contribution in [1.82, 2.24) is 15.5 Å². The topological polar surface area (TPSA) is 36.5 Å². The molecule has 1 heterocycles. The second-order valence-corrected chi connectivity index (χ2v) is 4.70. The van der Waals surface area contributed by atoms with Crippen LogP contribution >= 0.6 is 0 Å². The van der Waals surface area contributed by atoms with Gasteiger partial charge >= 0.3 is 0 Å². The standard InChI is InChI=1S/C13H29N3O/c1-3-5-6-15-11-13-12-16(9-10-17-13)8-7-14-4-2/h13-15H,3-12H2,1-2H3/t13-/m0/s1. The molecule has 1 atom stereocenters. The van der Waals surface area contributed by atoms with Crippen LogP contribution in [0.5, 0.6) is 0 Å². The summed E-state index contributed by atoms with van der Waals surface area (Å²) in [5, 5.41) is 6.85. The van der Waals surface area contributed by atoms with Crippen molar-refractivity contribution >= 4 is 0 Å². The fraction of sp³-hybridized carbons (Fsp3) is 1.00. The Morgan fingerprint density at radius 3 is 2.88 bits per heavy atom. The van der Waals surface area contributed by atoms with Gasteiger partial charge in [-0.3, -0.25) is 4.90 Å². The zero-order valence-corrected chi connectivity index (χ0v) is 11.5. The van der Waals surface area contributed by atoms with Crippen LogP contribution in [0.4, 0.5) is 0 Å². The molecular weight excluding hydrogens is 214 g/mol. The molecule has 1 aliphatic heterocycles. The van der Waals surface area contributed by atoms with Crippen molar-refractivity contribution < 1.29 is 4.74 Å². The number of rotatable bonds is 9.